The molecule has 1 aromatic heterocycles. The first kappa shape index (κ1) is 15.9. The van der Waals surface area contributed by atoms with Crippen molar-refractivity contribution < 1.29 is 19.5 Å². The maximum Gasteiger partial charge on any atom is 0.326 e. The molecular formula is C11H16N4O4S. The van der Waals surface area contributed by atoms with Crippen molar-refractivity contribution in [1.29, 1.82) is 0 Å². The molecule has 1 rings (SSSR count). The van der Waals surface area contributed by atoms with E-state index in [0.717, 1.165) is 5.01 Å². The first-order chi connectivity index (χ1) is 9.49. The average molecular weight is 300 g/mol. The van der Waals surface area contributed by atoms with Crippen molar-refractivity contribution in [1.82, 2.24) is 15.6 Å². The van der Waals surface area contributed by atoms with Gasteiger partial charge < -0.3 is 21.5 Å². The van der Waals surface area contributed by atoms with Crippen molar-refractivity contribution in [3.8, 4) is 0 Å². The number of aliphatic carboxylic acids is 1. The first-order valence-corrected chi connectivity index (χ1v) is 6.81. The van der Waals surface area contributed by atoms with Gasteiger partial charge in [0.25, 0.3) is 0 Å². The third kappa shape index (κ3) is 6.14. The van der Waals surface area contributed by atoms with Crippen LogP contribution < -0.4 is 16.4 Å². The fourth-order valence-corrected chi connectivity index (χ4v) is 2.03. The Labute approximate surface area is 119 Å². The molecule has 1 unspecified atom stereocenters. The standard InChI is InChI=1S/C11H16N4O4S/c12-8(16)2-1-7(10(17)18)15-11(19)14-4-3-9-13-5-6-20-9/h5-7H,1-4H2,(H2,12,16)(H,17,18)(H2,14,15,19). The molecule has 8 nitrogen and oxygen atoms in total. The fourth-order valence-electron chi connectivity index (χ4n) is 1.41. The summed E-state index contributed by atoms with van der Waals surface area (Å²) >= 11 is 1.48. The number of hydrogen-bond donors (Lipinski definition) is 4. The fraction of sp³-hybridized carbons (Fsp3) is 0.455. The molecule has 0 saturated heterocycles. The van der Waals surface area contributed by atoms with Crippen LogP contribution in [-0.4, -0.2) is 40.6 Å². The molecule has 0 bridgehead atoms. The van der Waals surface area contributed by atoms with E-state index in [0.29, 0.717) is 13.0 Å². The Morgan fingerprint density at radius 1 is 1.45 bits per heavy atom. The SMILES string of the molecule is NC(=O)CCC(NC(=O)NCCc1nccs1)C(=O)O. The molecule has 0 aliphatic heterocycles. The molecule has 1 heterocycles. The lowest BCUT2D eigenvalue weighted by Gasteiger charge is -2.14. The highest BCUT2D eigenvalue weighted by atomic mass is 32.1. The monoisotopic (exact) mass is 300 g/mol. The van der Waals surface area contributed by atoms with E-state index in [9.17, 15) is 14.4 Å². The number of nitrogens with two attached hydrogens (primary N) is 1. The van der Waals surface area contributed by atoms with Gasteiger partial charge in [0.05, 0.1) is 5.01 Å². The van der Waals surface area contributed by atoms with Gasteiger partial charge in [0, 0.05) is 31.0 Å². The van der Waals surface area contributed by atoms with Gasteiger partial charge in [-0.05, 0) is 6.42 Å². The van der Waals surface area contributed by atoms with Crippen molar-refractivity contribution in [3.63, 3.8) is 0 Å². The number of thiazole rings is 1. The van der Waals surface area contributed by atoms with Gasteiger partial charge in [-0.1, -0.05) is 0 Å². The normalized spacial score (nSPS) is 11.6. The molecule has 0 radical (unpaired) electrons. The third-order valence-corrected chi connectivity index (χ3v) is 3.23. The van der Waals surface area contributed by atoms with E-state index in [-0.39, 0.29) is 12.8 Å². The largest absolute Gasteiger partial charge is 0.480 e. The molecule has 0 fully saturated rings. The number of nitrogens with one attached hydrogen (secondary N) is 2. The minimum Gasteiger partial charge on any atom is -0.480 e. The second kappa shape index (κ2) is 8.10. The quantitative estimate of drug-likeness (QED) is 0.523. The van der Waals surface area contributed by atoms with Crippen molar-refractivity contribution in [3.05, 3.63) is 16.6 Å². The van der Waals surface area contributed by atoms with Gasteiger partial charge in [-0.15, -0.1) is 11.3 Å². The topological polar surface area (TPSA) is 134 Å². The van der Waals surface area contributed by atoms with Crippen molar-refractivity contribution in [2.45, 2.75) is 25.3 Å². The number of primary amides is 1. The molecule has 110 valence electrons. The van der Waals surface area contributed by atoms with Gasteiger partial charge in [0.2, 0.25) is 5.91 Å². The van der Waals surface area contributed by atoms with Crippen molar-refractivity contribution in [2.24, 2.45) is 5.73 Å². The molecule has 0 spiro atoms. The lowest BCUT2D eigenvalue weighted by Crippen LogP contribution is -2.46. The Kier molecular flexibility index (Phi) is 6.44. The van der Waals surface area contributed by atoms with Crippen LogP contribution in [0, 0.1) is 0 Å². The molecule has 1 atom stereocenters. The van der Waals surface area contributed by atoms with Crippen LogP contribution in [0.1, 0.15) is 17.8 Å². The van der Waals surface area contributed by atoms with E-state index in [1.807, 2.05) is 5.38 Å². The minimum absolute atomic E-state index is 0.0371. The average Bonchev–Trinajstić information content (AvgIpc) is 2.87. The number of nitrogens with zero attached hydrogens (tertiary/aromatic N) is 1. The Hall–Kier alpha value is -2.16. The Bertz CT molecular complexity index is 463. The predicted molar refractivity (Wildman–Crippen MR) is 72.2 cm³/mol. The molecule has 0 aromatic carbocycles. The number of hydrogen-bond acceptors (Lipinski definition) is 5. The highest BCUT2D eigenvalue weighted by Gasteiger charge is 2.20. The number of carboxylic acid groups (broad SMARTS) is 1. The Morgan fingerprint density at radius 2 is 2.20 bits per heavy atom. The molecular weight excluding hydrogens is 284 g/mol. The number of carboxylic acids is 1. The van der Waals surface area contributed by atoms with Crippen LogP contribution in [0.3, 0.4) is 0 Å². The highest BCUT2D eigenvalue weighted by molar-refractivity contribution is 7.09. The number of amides is 3. The molecule has 0 aliphatic rings. The van der Waals surface area contributed by atoms with E-state index >= 15 is 0 Å². The summed E-state index contributed by atoms with van der Waals surface area (Å²) in [4.78, 5) is 37.1. The van der Waals surface area contributed by atoms with Gasteiger partial charge in [0.1, 0.15) is 6.04 Å². The molecule has 3 amide bonds. The van der Waals surface area contributed by atoms with E-state index in [1.54, 1.807) is 6.20 Å². The van der Waals surface area contributed by atoms with Gasteiger partial charge in [-0.3, -0.25) is 4.79 Å². The molecule has 1 aromatic rings. The number of carbonyl (C=O) groups is 3. The minimum atomic E-state index is -1.21. The van der Waals surface area contributed by atoms with Crippen LogP contribution in [0.2, 0.25) is 0 Å². The van der Waals surface area contributed by atoms with Crippen LogP contribution in [0.15, 0.2) is 11.6 Å². The lowest BCUT2D eigenvalue weighted by atomic mass is 10.1. The second-order valence-electron chi connectivity index (χ2n) is 3.97. The number of rotatable bonds is 8. The number of aromatic nitrogens is 1. The smallest absolute Gasteiger partial charge is 0.326 e. The van der Waals surface area contributed by atoms with Gasteiger partial charge in [-0.2, -0.15) is 0 Å². The zero-order chi connectivity index (χ0) is 15.0. The third-order valence-electron chi connectivity index (χ3n) is 2.39. The van der Waals surface area contributed by atoms with Crippen LogP contribution in [0.25, 0.3) is 0 Å². The zero-order valence-electron chi connectivity index (χ0n) is 10.7. The van der Waals surface area contributed by atoms with E-state index < -0.39 is 23.9 Å². The van der Waals surface area contributed by atoms with Crippen LogP contribution in [0.5, 0.6) is 0 Å². The summed E-state index contributed by atoms with van der Waals surface area (Å²) in [5, 5.41) is 16.4. The number of urea groups is 1. The summed E-state index contributed by atoms with van der Waals surface area (Å²) in [7, 11) is 0. The second-order valence-corrected chi connectivity index (χ2v) is 4.95. The summed E-state index contributed by atoms with van der Waals surface area (Å²) < 4.78 is 0. The summed E-state index contributed by atoms with van der Waals surface area (Å²) in [6.45, 7) is 0.349. The highest BCUT2D eigenvalue weighted by Crippen LogP contribution is 2.03. The number of carbonyl (C=O) groups excluding carboxylic acids is 2. The van der Waals surface area contributed by atoms with E-state index in [4.69, 9.17) is 10.8 Å². The predicted octanol–water partition coefficient (Wildman–Crippen LogP) is -0.297. The lowest BCUT2D eigenvalue weighted by molar-refractivity contribution is -0.139. The maximum absolute atomic E-state index is 11.5. The Balaban J connectivity index is 2.30. The summed E-state index contributed by atoms with van der Waals surface area (Å²) in [5.74, 6) is -1.82. The molecule has 0 saturated carbocycles. The summed E-state index contributed by atoms with van der Waals surface area (Å²) in [6.07, 6.45) is 2.11. The van der Waals surface area contributed by atoms with Gasteiger partial charge in [-0.25, -0.2) is 14.6 Å². The maximum atomic E-state index is 11.5. The van der Waals surface area contributed by atoms with E-state index in [1.165, 1.54) is 11.3 Å². The zero-order valence-corrected chi connectivity index (χ0v) is 11.5. The molecule has 5 N–H and O–H groups in total. The van der Waals surface area contributed by atoms with Crippen LogP contribution in [0.4, 0.5) is 4.79 Å². The van der Waals surface area contributed by atoms with Crippen LogP contribution >= 0.6 is 11.3 Å². The molecule has 9 heteroatoms. The summed E-state index contributed by atoms with van der Waals surface area (Å²) in [5.41, 5.74) is 4.94. The molecule has 0 aliphatic carbocycles. The van der Waals surface area contributed by atoms with Gasteiger partial charge >= 0.3 is 12.0 Å². The summed E-state index contributed by atoms with van der Waals surface area (Å²) in [6, 6.07) is -1.74. The Morgan fingerprint density at radius 3 is 2.75 bits per heavy atom. The van der Waals surface area contributed by atoms with Crippen molar-refractivity contribution in [2.75, 3.05) is 6.54 Å². The van der Waals surface area contributed by atoms with Gasteiger partial charge in [0.15, 0.2) is 0 Å². The molecule has 20 heavy (non-hydrogen) atoms. The van der Waals surface area contributed by atoms with Crippen LogP contribution in [-0.2, 0) is 16.0 Å². The van der Waals surface area contributed by atoms with Crippen molar-refractivity contribution >= 4 is 29.2 Å². The first-order valence-electron chi connectivity index (χ1n) is 5.93. The van der Waals surface area contributed by atoms with E-state index in [2.05, 4.69) is 15.6 Å².